The highest BCUT2D eigenvalue weighted by Crippen LogP contribution is 2.36. The average molecular weight is 439 g/mol. The van der Waals surface area contributed by atoms with Gasteiger partial charge in [0, 0.05) is 10.8 Å². The largest absolute Gasteiger partial charge is 0.486 e. The number of benzene rings is 3. The predicted octanol–water partition coefficient (Wildman–Crippen LogP) is 5.35. The normalized spacial score (nSPS) is 11.0. The van der Waals surface area contributed by atoms with Crippen molar-refractivity contribution in [3.63, 3.8) is 0 Å². The number of para-hydroxylation sites is 1. The summed E-state index contributed by atoms with van der Waals surface area (Å²) >= 11 is 0. The lowest BCUT2D eigenvalue weighted by atomic mass is 10.1. The lowest BCUT2D eigenvalue weighted by Crippen LogP contribution is -2.13. The Morgan fingerprint density at radius 2 is 1.64 bits per heavy atom. The maximum Gasteiger partial charge on any atom is 0.360 e. The Morgan fingerprint density at radius 3 is 2.36 bits per heavy atom. The van der Waals surface area contributed by atoms with Crippen LogP contribution in [0, 0.1) is 6.92 Å². The summed E-state index contributed by atoms with van der Waals surface area (Å²) in [5.41, 5.74) is 1.68. The number of ether oxygens (including phenoxy) is 3. The highest BCUT2D eigenvalue weighted by molar-refractivity contribution is 6.05. The maximum atomic E-state index is 12.8. The Morgan fingerprint density at radius 1 is 0.909 bits per heavy atom. The molecule has 0 saturated carbocycles. The van der Waals surface area contributed by atoms with Crippen LogP contribution in [0.4, 0.5) is 0 Å². The molecule has 5 rings (SSSR count). The number of rotatable bonds is 6. The molecule has 3 aromatic carbocycles. The van der Waals surface area contributed by atoms with Gasteiger partial charge in [0.15, 0.2) is 17.1 Å². The number of methoxy groups -OCH3 is 1. The molecule has 0 unspecified atom stereocenters. The highest BCUT2D eigenvalue weighted by atomic mass is 16.5. The van der Waals surface area contributed by atoms with Crippen LogP contribution in [0.5, 0.6) is 17.2 Å². The van der Waals surface area contributed by atoms with Gasteiger partial charge in [0.1, 0.15) is 23.9 Å². The second-order valence-electron chi connectivity index (χ2n) is 7.46. The van der Waals surface area contributed by atoms with Crippen LogP contribution in [-0.2, 0) is 11.3 Å². The quantitative estimate of drug-likeness (QED) is 0.332. The molecule has 164 valence electrons. The Kier molecular flexibility index (Phi) is 5.36. The summed E-state index contributed by atoms with van der Waals surface area (Å²) in [5.74, 6) is 1.70. The van der Waals surface area contributed by atoms with Crippen molar-refractivity contribution in [3.05, 3.63) is 95.9 Å². The van der Waals surface area contributed by atoms with Crippen molar-refractivity contribution in [2.75, 3.05) is 7.11 Å². The zero-order valence-corrected chi connectivity index (χ0v) is 18.2. The van der Waals surface area contributed by atoms with E-state index in [4.69, 9.17) is 14.2 Å². The molecule has 0 aliphatic carbocycles. The Hall–Kier alpha value is -4.39. The highest BCUT2D eigenvalue weighted by Gasteiger charge is 2.25. The first-order chi connectivity index (χ1) is 16.1. The number of aryl methyl sites for hydroxylation is 1. The van der Waals surface area contributed by atoms with Gasteiger partial charge in [0.25, 0.3) is 0 Å². The molecule has 0 atom stereocenters. The molecular weight excluding hydrogens is 418 g/mol. The summed E-state index contributed by atoms with van der Waals surface area (Å²) < 4.78 is 18.8. The summed E-state index contributed by atoms with van der Waals surface area (Å²) in [4.78, 5) is 17.4. The van der Waals surface area contributed by atoms with Gasteiger partial charge in [-0.15, -0.1) is 0 Å². The lowest BCUT2D eigenvalue weighted by molar-refractivity contribution is 0.0585. The van der Waals surface area contributed by atoms with Gasteiger partial charge in [-0.25, -0.2) is 14.3 Å². The number of hydrogen-bond acceptors (Lipinski definition) is 6. The Balaban J connectivity index is 1.69. The first-order valence-corrected chi connectivity index (χ1v) is 10.4. The van der Waals surface area contributed by atoms with E-state index in [2.05, 4.69) is 10.1 Å². The molecule has 0 saturated heterocycles. The van der Waals surface area contributed by atoms with E-state index >= 15 is 0 Å². The van der Waals surface area contributed by atoms with Gasteiger partial charge in [-0.2, -0.15) is 5.10 Å². The van der Waals surface area contributed by atoms with Gasteiger partial charge >= 0.3 is 5.97 Å². The standard InChI is InChI=1S/C26H21N3O4/c1-17-27-25-22-15-20(33-19-11-7-4-8-12-19)13-14-21(22)24(23(26(30)31-2)29(25)28-17)32-16-18-9-5-3-6-10-18/h3-15H,16H2,1-2H3. The third-order valence-corrected chi connectivity index (χ3v) is 5.20. The van der Waals surface area contributed by atoms with Gasteiger partial charge in [0.2, 0.25) is 0 Å². The van der Waals surface area contributed by atoms with E-state index in [1.807, 2.05) is 78.9 Å². The van der Waals surface area contributed by atoms with Crippen LogP contribution in [-0.4, -0.2) is 27.7 Å². The Bertz CT molecular complexity index is 1450. The lowest BCUT2D eigenvalue weighted by Gasteiger charge is -2.16. The summed E-state index contributed by atoms with van der Waals surface area (Å²) in [6, 6.07) is 24.9. The Labute approximate surface area is 190 Å². The van der Waals surface area contributed by atoms with E-state index < -0.39 is 5.97 Å². The van der Waals surface area contributed by atoms with Gasteiger partial charge in [-0.05, 0) is 42.8 Å². The molecule has 2 aromatic heterocycles. The van der Waals surface area contributed by atoms with Crippen LogP contribution in [0.3, 0.4) is 0 Å². The zero-order chi connectivity index (χ0) is 22.8. The fourth-order valence-electron chi connectivity index (χ4n) is 3.72. The van der Waals surface area contributed by atoms with Crippen molar-refractivity contribution in [1.29, 1.82) is 0 Å². The molecule has 5 aromatic rings. The van der Waals surface area contributed by atoms with Gasteiger partial charge in [-0.3, -0.25) is 0 Å². The SMILES string of the molecule is COC(=O)c1c(OCc2ccccc2)c2ccc(Oc3ccccc3)cc2c2nc(C)nn12. The number of aromatic nitrogens is 3. The second-order valence-corrected chi connectivity index (χ2v) is 7.46. The van der Waals surface area contributed by atoms with Crippen LogP contribution in [0.25, 0.3) is 16.4 Å². The number of pyridine rings is 1. The summed E-state index contributed by atoms with van der Waals surface area (Å²) in [6.07, 6.45) is 0. The third kappa shape index (κ3) is 3.96. The molecule has 0 bridgehead atoms. The fraction of sp³-hybridized carbons (Fsp3) is 0.115. The number of nitrogens with zero attached hydrogens (tertiary/aromatic N) is 3. The van der Waals surface area contributed by atoms with E-state index in [1.165, 1.54) is 11.6 Å². The second kappa shape index (κ2) is 8.63. The van der Waals surface area contributed by atoms with E-state index in [0.29, 0.717) is 28.4 Å². The molecule has 33 heavy (non-hydrogen) atoms. The minimum Gasteiger partial charge on any atom is -0.486 e. The molecular formula is C26H21N3O4. The molecule has 0 aliphatic heterocycles. The number of carbonyl (C=O) groups excluding carboxylic acids is 1. The number of esters is 1. The average Bonchev–Trinajstić information content (AvgIpc) is 3.24. The van der Waals surface area contributed by atoms with Gasteiger partial charge in [-0.1, -0.05) is 48.5 Å². The monoisotopic (exact) mass is 439 g/mol. The summed E-state index contributed by atoms with van der Waals surface area (Å²) in [6.45, 7) is 2.05. The molecule has 0 amide bonds. The van der Waals surface area contributed by atoms with E-state index in [9.17, 15) is 4.79 Å². The first-order valence-electron chi connectivity index (χ1n) is 10.4. The van der Waals surface area contributed by atoms with Crippen LogP contribution in [0.15, 0.2) is 78.9 Å². The van der Waals surface area contributed by atoms with Crippen molar-refractivity contribution >= 4 is 22.4 Å². The number of hydrogen-bond donors (Lipinski definition) is 0. The van der Waals surface area contributed by atoms with Crippen LogP contribution in [0.1, 0.15) is 21.9 Å². The van der Waals surface area contributed by atoms with Crippen molar-refractivity contribution in [1.82, 2.24) is 14.6 Å². The van der Waals surface area contributed by atoms with Crippen LogP contribution in [0.2, 0.25) is 0 Å². The van der Waals surface area contributed by atoms with Crippen molar-refractivity contribution < 1.29 is 19.0 Å². The zero-order valence-electron chi connectivity index (χ0n) is 18.2. The molecule has 2 heterocycles. The topological polar surface area (TPSA) is 75.0 Å². The smallest absolute Gasteiger partial charge is 0.360 e. The molecule has 0 radical (unpaired) electrons. The first kappa shape index (κ1) is 20.5. The van der Waals surface area contributed by atoms with Gasteiger partial charge < -0.3 is 14.2 Å². The van der Waals surface area contributed by atoms with Crippen molar-refractivity contribution in [3.8, 4) is 17.2 Å². The van der Waals surface area contributed by atoms with Crippen LogP contribution < -0.4 is 9.47 Å². The van der Waals surface area contributed by atoms with E-state index in [0.717, 1.165) is 16.7 Å². The number of carbonyl (C=O) groups is 1. The summed E-state index contributed by atoms with van der Waals surface area (Å²) in [7, 11) is 1.33. The third-order valence-electron chi connectivity index (χ3n) is 5.20. The molecule has 0 N–H and O–H groups in total. The van der Waals surface area contributed by atoms with Crippen molar-refractivity contribution in [2.24, 2.45) is 0 Å². The number of fused-ring (bicyclic) bond motifs is 3. The molecule has 7 heteroatoms. The van der Waals surface area contributed by atoms with Gasteiger partial charge in [0.05, 0.1) is 7.11 Å². The van der Waals surface area contributed by atoms with E-state index in [-0.39, 0.29) is 12.3 Å². The molecule has 0 aliphatic rings. The van der Waals surface area contributed by atoms with Crippen LogP contribution >= 0.6 is 0 Å². The maximum absolute atomic E-state index is 12.8. The summed E-state index contributed by atoms with van der Waals surface area (Å²) in [5, 5.41) is 5.91. The minimum absolute atomic E-state index is 0.188. The van der Waals surface area contributed by atoms with Crippen molar-refractivity contribution in [2.45, 2.75) is 13.5 Å². The van der Waals surface area contributed by atoms with E-state index in [1.54, 1.807) is 6.92 Å². The molecule has 0 fully saturated rings. The minimum atomic E-state index is -0.556. The molecule has 0 spiro atoms. The fourth-order valence-corrected chi connectivity index (χ4v) is 3.72. The molecule has 7 nitrogen and oxygen atoms in total. The predicted molar refractivity (Wildman–Crippen MR) is 124 cm³/mol.